The van der Waals surface area contributed by atoms with E-state index in [1.807, 2.05) is 62.4 Å². The largest absolute Gasteiger partial charge is 0.440 e. The van der Waals surface area contributed by atoms with Crippen LogP contribution < -0.4 is 21.1 Å². The summed E-state index contributed by atoms with van der Waals surface area (Å²) in [7, 11) is 0. The van der Waals surface area contributed by atoms with Crippen LogP contribution in [-0.4, -0.2) is 47.4 Å². The van der Waals surface area contributed by atoms with Crippen molar-refractivity contribution in [2.24, 2.45) is 17.6 Å². The van der Waals surface area contributed by atoms with Crippen LogP contribution in [0.2, 0.25) is 5.02 Å². The van der Waals surface area contributed by atoms with E-state index in [9.17, 15) is 24.0 Å². The fourth-order valence-electron chi connectivity index (χ4n) is 6.31. The van der Waals surface area contributed by atoms with Crippen LogP contribution >= 0.6 is 23.5 Å². The molecular formula is C34H43ClN4O6S. The Balaban J connectivity index is 1.50. The number of carbonyl (C=O) groups is 5. The molecule has 1 saturated carbocycles. The van der Waals surface area contributed by atoms with Crippen molar-refractivity contribution in [3.8, 4) is 0 Å². The van der Waals surface area contributed by atoms with Crippen molar-refractivity contribution in [3.63, 3.8) is 0 Å². The molecule has 0 radical (unpaired) electrons. The molecule has 4 rings (SSSR count). The Morgan fingerprint density at radius 3 is 2.37 bits per heavy atom. The van der Waals surface area contributed by atoms with E-state index in [1.165, 1.54) is 0 Å². The maximum Gasteiger partial charge on any atom is 0.417 e. The lowest BCUT2D eigenvalue weighted by molar-refractivity contribution is -0.139. The minimum atomic E-state index is -1.25. The van der Waals surface area contributed by atoms with E-state index >= 15 is 0 Å². The van der Waals surface area contributed by atoms with Crippen molar-refractivity contribution in [2.45, 2.75) is 88.0 Å². The number of hydrogen-bond acceptors (Lipinski definition) is 7. The molecule has 4 amide bonds. The van der Waals surface area contributed by atoms with E-state index < -0.39 is 52.4 Å². The van der Waals surface area contributed by atoms with Crippen molar-refractivity contribution < 1.29 is 28.7 Å². The topological polar surface area (TPSA) is 157 Å². The Bertz CT molecular complexity index is 1400. The zero-order chi connectivity index (χ0) is 33.3. The van der Waals surface area contributed by atoms with Gasteiger partial charge in [-0.25, -0.2) is 4.79 Å². The number of primary amides is 1. The molecule has 10 nitrogen and oxygen atoms in total. The van der Waals surface area contributed by atoms with Crippen LogP contribution in [0.5, 0.6) is 0 Å². The molecule has 1 unspecified atom stereocenters. The number of amides is 4. The van der Waals surface area contributed by atoms with E-state index in [1.54, 1.807) is 6.07 Å². The highest BCUT2D eigenvalue weighted by Gasteiger charge is 2.38. The van der Waals surface area contributed by atoms with Crippen LogP contribution in [0.15, 0.2) is 54.6 Å². The third-order valence-electron chi connectivity index (χ3n) is 8.96. The summed E-state index contributed by atoms with van der Waals surface area (Å²) in [4.78, 5) is 63.9. The zero-order valence-electron chi connectivity index (χ0n) is 26.3. The third kappa shape index (κ3) is 9.48. The molecule has 0 bridgehead atoms. The molecule has 46 heavy (non-hydrogen) atoms. The van der Waals surface area contributed by atoms with Gasteiger partial charge in [0.1, 0.15) is 11.4 Å². The third-order valence-corrected chi connectivity index (χ3v) is 10.2. The number of rotatable bonds is 14. The molecule has 1 heterocycles. The number of nitrogens with two attached hydrogens (primary N) is 1. The highest BCUT2D eigenvalue weighted by molar-refractivity contribution is 7.99. The first-order valence-corrected chi connectivity index (χ1v) is 17.1. The van der Waals surface area contributed by atoms with E-state index in [4.69, 9.17) is 22.1 Å². The first-order chi connectivity index (χ1) is 22.0. The van der Waals surface area contributed by atoms with Gasteiger partial charge < -0.3 is 21.1 Å². The minimum Gasteiger partial charge on any atom is -0.440 e. The highest BCUT2D eigenvalue weighted by atomic mass is 35.5. The summed E-state index contributed by atoms with van der Waals surface area (Å²) in [5, 5.41) is 5.17. The molecule has 2 aromatic rings. The molecule has 0 spiro atoms. The molecule has 1 saturated heterocycles. The van der Waals surface area contributed by atoms with Gasteiger partial charge in [0.2, 0.25) is 17.6 Å². The number of benzene rings is 2. The van der Waals surface area contributed by atoms with Gasteiger partial charge in [0.15, 0.2) is 0 Å². The molecule has 1 aliphatic carbocycles. The molecular weight excluding hydrogens is 628 g/mol. The normalized spacial score (nSPS) is 18.9. The van der Waals surface area contributed by atoms with E-state index in [2.05, 4.69) is 15.4 Å². The average Bonchev–Trinajstić information content (AvgIpc) is 3.45. The lowest BCUT2D eigenvalue weighted by Crippen LogP contribution is -2.50. The van der Waals surface area contributed by atoms with E-state index in [0.29, 0.717) is 24.4 Å². The Morgan fingerprint density at radius 1 is 1.02 bits per heavy atom. The number of halogens is 1. The van der Waals surface area contributed by atoms with Gasteiger partial charge in [-0.05, 0) is 60.4 Å². The summed E-state index contributed by atoms with van der Waals surface area (Å²) < 4.78 is 8.78. The molecule has 248 valence electrons. The van der Waals surface area contributed by atoms with Gasteiger partial charge in [-0.1, -0.05) is 100 Å². The van der Waals surface area contributed by atoms with Crippen LogP contribution in [0, 0.1) is 11.8 Å². The van der Waals surface area contributed by atoms with Crippen LogP contribution in [0.4, 0.5) is 4.79 Å². The second kappa shape index (κ2) is 16.3. The summed E-state index contributed by atoms with van der Waals surface area (Å²) in [6.07, 6.45) is 4.60. The second-order valence-electron chi connectivity index (χ2n) is 12.7. The Morgan fingerprint density at radius 2 is 1.74 bits per heavy atom. The van der Waals surface area contributed by atoms with E-state index in [0.717, 1.165) is 55.2 Å². The summed E-state index contributed by atoms with van der Waals surface area (Å²) in [5.74, 6) is -3.18. The predicted molar refractivity (Wildman–Crippen MR) is 178 cm³/mol. The maximum atomic E-state index is 13.7. The van der Waals surface area contributed by atoms with E-state index in [-0.39, 0.29) is 18.2 Å². The lowest BCUT2D eigenvalue weighted by Gasteiger charge is -2.35. The molecule has 5 N–H and O–H groups in total. The minimum absolute atomic E-state index is 0.0347. The molecule has 12 heteroatoms. The van der Waals surface area contributed by atoms with Crippen LogP contribution in [0.3, 0.4) is 0 Å². The van der Waals surface area contributed by atoms with Crippen molar-refractivity contribution in [1.29, 1.82) is 0 Å². The monoisotopic (exact) mass is 670 g/mol. The Kier molecular flexibility index (Phi) is 12.5. The predicted octanol–water partition coefficient (Wildman–Crippen LogP) is 5.14. The maximum absolute atomic E-state index is 13.7. The van der Waals surface area contributed by atoms with Crippen molar-refractivity contribution in [3.05, 3.63) is 70.7 Å². The average molecular weight is 671 g/mol. The molecule has 0 aromatic heterocycles. The quantitative estimate of drug-likeness (QED) is 0.160. The first-order valence-electron chi connectivity index (χ1n) is 15.8. The number of carbonyl (C=O) groups excluding carboxylic acids is 5. The summed E-state index contributed by atoms with van der Waals surface area (Å²) >= 11 is 7.22. The number of ether oxygens (including phenoxy) is 1. The summed E-state index contributed by atoms with van der Waals surface area (Å²) in [5.41, 5.74) is 6.28. The number of nitrogens with one attached hydrogen (secondary N) is 3. The fraction of sp³-hybridized carbons (Fsp3) is 0.500. The Hall–Kier alpha value is -3.57. The molecule has 1 aliphatic heterocycles. The second-order valence-corrected chi connectivity index (χ2v) is 14.1. The molecule has 2 aliphatic rings. The van der Waals surface area contributed by atoms with Crippen molar-refractivity contribution in [2.75, 3.05) is 6.54 Å². The van der Waals surface area contributed by atoms with Crippen LogP contribution in [0.25, 0.3) is 0 Å². The number of ketones is 1. The van der Waals surface area contributed by atoms with Crippen LogP contribution in [-0.2, 0) is 29.3 Å². The fourth-order valence-corrected chi connectivity index (χ4v) is 7.33. The summed E-state index contributed by atoms with van der Waals surface area (Å²) in [6.45, 7) is 4.40. The Labute approximate surface area is 279 Å². The van der Waals surface area contributed by atoms with Gasteiger partial charge in [-0.2, -0.15) is 0 Å². The smallest absolute Gasteiger partial charge is 0.417 e. The number of hydrogen-bond donors (Lipinski definition) is 4. The van der Waals surface area contributed by atoms with Gasteiger partial charge in [0.05, 0.1) is 6.04 Å². The molecule has 4 atom stereocenters. The SMILES string of the molecule is CC(C)(c1cccc(Cl)c1)C(OC(=O)NS[C@@H](CC1CCCCC1)C(=O)N[C@@H](C[C@@H]1CCNC1=O)C(=O)C(N)=O)c1ccccc1. The molecule has 2 fully saturated rings. The molecule has 2 aromatic carbocycles. The van der Waals surface area contributed by atoms with Crippen molar-refractivity contribution in [1.82, 2.24) is 15.4 Å². The highest BCUT2D eigenvalue weighted by Crippen LogP contribution is 2.40. The lowest BCUT2D eigenvalue weighted by atomic mass is 9.76. The van der Waals surface area contributed by atoms with Gasteiger partial charge >= 0.3 is 6.09 Å². The van der Waals surface area contributed by atoms with Gasteiger partial charge in [0, 0.05) is 22.9 Å². The number of Topliss-reactive ketones (excluding diaryl/α,β-unsaturated/α-hetero) is 1. The van der Waals surface area contributed by atoms with Crippen LogP contribution in [0.1, 0.15) is 82.4 Å². The standard InChI is InChI=1S/C34H43ClN4O6S/c1-34(2,24-14-9-15-25(35)20-24)29(22-12-7-4-8-13-22)45-33(44)39-46-27(18-21-10-5-3-6-11-21)32(43)38-26(28(40)30(36)41)19-23-16-17-37-31(23)42/h4,7-9,12-15,20-21,23,26-27,29H,3,5-6,10-11,16-19H2,1-2H3,(H2,36,41)(H,37,42)(H,38,43)(H,39,44)/t23-,26-,27-,29?/m0/s1. The van der Waals surface area contributed by atoms with Gasteiger partial charge in [0.25, 0.3) is 5.91 Å². The zero-order valence-corrected chi connectivity index (χ0v) is 27.8. The first kappa shape index (κ1) is 35.3. The van der Waals surface area contributed by atoms with Gasteiger partial charge in [-0.3, -0.25) is 23.9 Å². The summed E-state index contributed by atoms with van der Waals surface area (Å²) in [6, 6.07) is 15.6. The van der Waals surface area contributed by atoms with Gasteiger partial charge in [-0.15, -0.1) is 0 Å². The van der Waals surface area contributed by atoms with Crippen molar-refractivity contribution >= 4 is 53.1 Å².